The van der Waals surface area contributed by atoms with Crippen LogP contribution in [0.4, 0.5) is 5.82 Å². The maximum Gasteiger partial charge on any atom is 0.146 e. The minimum Gasteiger partial charge on any atom is -0.394 e. The number of fused-ring (bicyclic) bond motifs is 1. The third kappa shape index (κ3) is 2.60. The zero-order valence-corrected chi connectivity index (χ0v) is 14.9. The van der Waals surface area contributed by atoms with Gasteiger partial charge >= 0.3 is 0 Å². The van der Waals surface area contributed by atoms with E-state index < -0.39 is 23.9 Å². The van der Waals surface area contributed by atoms with Gasteiger partial charge in [0.2, 0.25) is 0 Å². The predicted molar refractivity (Wildman–Crippen MR) is 97.6 cm³/mol. The fourth-order valence-corrected chi connectivity index (χ4v) is 4.12. The molecule has 1 fully saturated rings. The van der Waals surface area contributed by atoms with Gasteiger partial charge in [-0.1, -0.05) is 0 Å². The Morgan fingerprint density at radius 3 is 2.88 bits per heavy atom. The lowest BCUT2D eigenvalue weighted by Gasteiger charge is -2.26. The Kier molecular flexibility index (Phi) is 4.20. The summed E-state index contributed by atoms with van der Waals surface area (Å²) in [6, 6.07) is 1.99. The number of thiophene rings is 1. The van der Waals surface area contributed by atoms with Crippen molar-refractivity contribution in [1.82, 2.24) is 14.5 Å². The molecule has 0 spiro atoms. The number of hydrogen-bond acceptors (Lipinski definition) is 8. The molecular weight excluding hydrogens is 356 g/mol. The summed E-state index contributed by atoms with van der Waals surface area (Å²) in [7, 11) is 0. The topological polar surface area (TPSA) is 127 Å². The normalized spacial score (nSPS) is 28.8. The van der Waals surface area contributed by atoms with Gasteiger partial charge < -0.3 is 30.4 Å². The van der Waals surface area contributed by atoms with Crippen LogP contribution < -0.4 is 5.73 Å². The highest BCUT2D eigenvalue weighted by Gasteiger charge is 2.51. The van der Waals surface area contributed by atoms with E-state index in [1.807, 2.05) is 27.6 Å². The van der Waals surface area contributed by atoms with E-state index >= 15 is 0 Å². The second-order valence-corrected chi connectivity index (χ2v) is 7.46. The largest absolute Gasteiger partial charge is 0.394 e. The van der Waals surface area contributed by atoms with Crippen molar-refractivity contribution in [2.75, 3.05) is 12.3 Å². The average Bonchev–Trinajstić information content (AvgIpc) is 3.30. The van der Waals surface area contributed by atoms with Crippen LogP contribution in [0.1, 0.15) is 6.92 Å². The summed E-state index contributed by atoms with van der Waals surface area (Å²) in [5, 5.41) is 34.9. The Balaban J connectivity index is 1.78. The molecule has 4 atom stereocenters. The van der Waals surface area contributed by atoms with Gasteiger partial charge in [-0.05, 0) is 29.3 Å². The van der Waals surface area contributed by atoms with Crippen molar-refractivity contribution < 1.29 is 20.1 Å². The van der Waals surface area contributed by atoms with Gasteiger partial charge in [-0.25, -0.2) is 9.97 Å². The number of nitrogens with two attached hydrogens (primary N) is 1. The number of aliphatic hydroxyl groups excluding tert-OH is 2. The van der Waals surface area contributed by atoms with Crippen molar-refractivity contribution in [3.63, 3.8) is 0 Å². The lowest BCUT2D eigenvalue weighted by atomic mass is 9.93. The van der Waals surface area contributed by atoms with E-state index in [2.05, 4.69) is 9.97 Å². The van der Waals surface area contributed by atoms with E-state index in [-0.39, 0.29) is 13.2 Å². The molecule has 1 aliphatic rings. The number of nitrogen functional groups attached to an aromatic ring is 1. The monoisotopic (exact) mass is 376 g/mol. The highest BCUT2D eigenvalue weighted by Crippen LogP contribution is 2.36. The van der Waals surface area contributed by atoms with Crippen molar-refractivity contribution in [3.05, 3.63) is 29.4 Å². The van der Waals surface area contributed by atoms with Crippen LogP contribution in [0.5, 0.6) is 0 Å². The molecule has 1 saturated heterocycles. The molecule has 0 bridgehead atoms. The molecule has 0 saturated carbocycles. The first-order valence-electron chi connectivity index (χ1n) is 8.22. The summed E-state index contributed by atoms with van der Waals surface area (Å²) < 4.78 is 7.52. The zero-order chi connectivity index (χ0) is 18.5. The summed E-state index contributed by atoms with van der Waals surface area (Å²) >= 11 is 1.58. The second-order valence-electron chi connectivity index (χ2n) is 6.68. The molecule has 138 valence electrons. The lowest BCUT2D eigenvalue weighted by molar-refractivity contribution is -0.0677. The molecule has 9 heteroatoms. The standard InChI is InChI=1S/C17H20N4O4S/c1-17(24)12(25-11(6-22)14(17)23)5-21-4-10(9-2-3-26-7-9)13-15(18)19-8-20-16(13)21/h2-4,7-8,11-12,14,22-24H,5-6H2,1H3,(H2,18,19,20)/t11-,12+,14?,17+/m1/s1. The summed E-state index contributed by atoms with van der Waals surface area (Å²) in [5.41, 5.74) is 7.13. The first kappa shape index (κ1) is 17.4. The van der Waals surface area contributed by atoms with Crippen molar-refractivity contribution in [2.24, 2.45) is 0 Å². The number of anilines is 1. The summed E-state index contributed by atoms with van der Waals surface area (Å²) in [4.78, 5) is 8.44. The van der Waals surface area contributed by atoms with Crippen LogP contribution >= 0.6 is 11.3 Å². The number of nitrogens with zero attached hydrogens (tertiary/aromatic N) is 3. The second kappa shape index (κ2) is 6.29. The highest BCUT2D eigenvalue weighted by molar-refractivity contribution is 7.08. The van der Waals surface area contributed by atoms with Crippen molar-refractivity contribution >= 4 is 28.2 Å². The van der Waals surface area contributed by atoms with E-state index in [1.165, 1.54) is 13.3 Å². The Morgan fingerprint density at radius 1 is 1.42 bits per heavy atom. The molecule has 26 heavy (non-hydrogen) atoms. The Hall–Kier alpha value is -2.04. The molecular formula is C17H20N4O4S. The molecule has 3 aromatic heterocycles. The first-order valence-corrected chi connectivity index (χ1v) is 9.16. The highest BCUT2D eigenvalue weighted by atomic mass is 32.1. The minimum atomic E-state index is -1.49. The van der Waals surface area contributed by atoms with Gasteiger partial charge in [-0.2, -0.15) is 11.3 Å². The van der Waals surface area contributed by atoms with E-state index in [0.29, 0.717) is 11.5 Å². The Bertz CT molecular complexity index is 924. The Morgan fingerprint density at radius 2 is 2.23 bits per heavy atom. The summed E-state index contributed by atoms with van der Waals surface area (Å²) in [6.45, 7) is 1.39. The molecule has 1 aliphatic heterocycles. The van der Waals surface area contributed by atoms with E-state index in [1.54, 1.807) is 11.3 Å². The minimum absolute atomic E-state index is 0.248. The fraction of sp³-hybridized carbons (Fsp3) is 0.412. The first-order chi connectivity index (χ1) is 12.4. The molecule has 0 radical (unpaired) electrons. The van der Waals surface area contributed by atoms with Gasteiger partial charge in [-0.3, -0.25) is 0 Å². The SMILES string of the molecule is C[C@@]1(O)C(O)[C@@H](CO)O[C@H]1Cn1cc(-c2ccsc2)c2c(N)ncnc21. The summed E-state index contributed by atoms with van der Waals surface area (Å²) in [5.74, 6) is 0.377. The van der Waals surface area contributed by atoms with E-state index in [0.717, 1.165) is 16.5 Å². The average molecular weight is 376 g/mol. The number of ether oxygens (including phenoxy) is 1. The third-order valence-corrected chi connectivity index (χ3v) is 5.68. The number of hydrogen-bond donors (Lipinski definition) is 4. The van der Waals surface area contributed by atoms with Crippen LogP contribution in [0.2, 0.25) is 0 Å². The molecule has 8 nitrogen and oxygen atoms in total. The molecule has 1 unspecified atom stereocenters. The van der Waals surface area contributed by atoms with Crippen LogP contribution in [-0.4, -0.2) is 60.4 Å². The molecule has 5 N–H and O–H groups in total. The predicted octanol–water partition coefficient (Wildman–Crippen LogP) is 0.614. The van der Waals surface area contributed by atoms with Crippen molar-refractivity contribution in [2.45, 2.75) is 37.4 Å². The van der Waals surface area contributed by atoms with Gasteiger partial charge in [0.25, 0.3) is 0 Å². The van der Waals surface area contributed by atoms with Gasteiger partial charge in [0.1, 0.15) is 41.7 Å². The van der Waals surface area contributed by atoms with Crippen LogP contribution in [0.3, 0.4) is 0 Å². The maximum absolute atomic E-state index is 10.6. The van der Waals surface area contributed by atoms with Crippen LogP contribution in [0.15, 0.2) is 29.4 Å². The van der Waals surface area contributed by atoms with Crippen molar-refractivity contribution in [3.8, 4) is 11.1 Å². The van der Waals surface area contributed by atoms with Crippen LogP contribution in [0.25, 0.3) is 22.2 Å². The lowest BCUT2D eigenvalue weighted by Crippen LogP contribution is -2.47. The van der Waals surface area contributed by atoms with Crippen molar-refractivity contribution in [1.29, 1.82) is 0 Å². The van der Waals surface area contributed by atoms with E-state index in [4.69, 9.17) is 10.5 Å². The van der Waals surface area contributed by atoms with E-state index in [9.17, 15) is 15.3 Å². The third-order valence-electron chi connectivity index (χ3n) is 5.00. The van der Waals surface area contributed by atoms with Crippen LogP contribution in [-0.2, 0) is 11.3 Å². The Labute approximate surface area is 153 Å². The van der Waals surface area contributed by atoms with Gasteiger partial charge in [0.05, 0.1) is 18.5 Å². The molecule has 3 aromatic rings. The number of aromatic nitrogens is 3. The van der Waals surface area contributed by atoms with Crippen LogP contribution in [0, 0.1) is 0 Å². The maximum atomic E-state index is 10.6. The molecule has 0 amide bonds. The van der Waals surface area contributed by atoms with Gasteiger partial charge in [-0.15, -0.1) is 0 Å². The zero-order valence-electron chi connectivity index (χ0n) is 14.1. The molecule has 4 rings (SSSR count). The molecule has 0 aliphatic carbocycles. The molecule has 4 heterocycles. The van der Waals surface area contributed by atoms with Gasteiger partial charge in [0, 0.05) is 11.8 Å². The summed E-state index contributed by atoms with van der Waals surface area (Å²) in [6.07, 6.45) is 0.584. The quantitative estimate of drug-likeness (QED) is 0.525. The fourth-order valence-electron chi connectivity index (χ4n) is 3.46. The molecule has 0 aromatic carbocycles. The smallest absolute Gasteiger partial charge is 0.146 e. The number of rotatable bonds is 4. The number of aliphatic hydroxyl groups is 3. The van der Waals surface area contributed by atoms with Gasteiger partial charge in [0.15, 0.2) is 0 Å².